The van der Waals surface area contributed by atoms with Crippen molar-refractivity contribution in [3.05, 3.63) is 58.1 Å². The van der Waals surface area contributed by atoms with E-state index in [0.717, 1.165) is 0 Å². The van der Waals surface area contributed by atoms with E-state index in [1.807, 2.05) is 0 Å². The molecule has 3 nitrogen and oxygen atoms in total. The van der Waals surface area contributed by atoms with Crippen molar-refractivity contribution in [1.29, 1.82) is 0 Å². The summed E-state index contributed by atoms with van der Waals surface area (Å²) in [7, 11) is -3.67. The summed E-state index contributed by atoms with van der Waals surface area (Å²) in [6.45, 7) is 1.75. The van der Waals surface area contributed by atoms with Gasteiger partial charge in [0.1, 0.15) is 0 Å². The Kier molecular flexibility index (Phi) is 4.04. The third kappa shape index (κ3) is 3.21. The van der Waals surface area contributed by atoms with Crippen molar-refractivity contribution in [1.82, 2.24) is 0 Å². The molecular weight excluding hydrogens is 305 g/mol. The summed E-state index contributed by atoms with van der Waals surface area (Å²) in [5.41, 5.74) is 1.04. The first-order chi connectivity index (χ1) is 8.90. The van der Waals surface area contributed by atoms with Crippen LogP contribution in [0.25, 0.3) is 0 Å². The molecule has 0 radical (unpaired) electrons. The van der Waals surface area contributed by atoms with E-state index in [9.17, 15) is 8.42 Å². The maximum Gasteiger partial charge on any atom is 0.261 e. The predicted octanol–water partition coefficient (Wildman–Crippen LogP) is 4.10. The second-order valence-electron chi connectivity index (χ2n) is 4.00. The first-order valence-corrected chi connectivity index (χ1v) is 7.67. The molecule has 0 saturated heterocycles. The number of aryl methyl sites for hydroxylation is 1. The van der Waals surface area contributed by atoms with Crippen molar-refractivity contribution in [2.45, 2.75) is 11.8 Å². The van der Waals surface area contributed by atoms with Crippen LogP contribution in [0, 0.1) is 6.92 Å². The predicted molar refractivity (Wildman–Crippen MR) is 78.4 cm³/mol. The van der Waals surface area contributed by atoms with Crippen LogP contribution in [0.3, 0.4) is 0 Å². The molecule has 6 heteroatoms. The van der Waals surface area contributed by atoms with E-state index in [-0.39, 0.29) is 4.90 Å². The fourth-order valence-electron chi connectivity index (χ4n) is 1.53. The van der Waals surface area contributed by atoms with Crippen LogP contribution in [-0.4, -0.2) is 8.42 Å². The Morgan fingerprint density at radius 2 is 1.68 bits per heavy atom. The molecule has 19 heavy (non-hydrogen) atoms. The van der Waals surface area contributed by atoms with Gasteiger partial charge in [-0.3, -0.25) is 4.72 Å². The van der Waals surface area contributed by atoms with Crippen molar-refractivity contribution in [2.24, 2.45) is 0 Å². The van der Waals surface area contributed by atoms with Gasteiger partial charge in [0.25, 0.3) is 10.0 Å². The van der Waals surface area contributed by atoms with Crippen LogP contribution in [-0.2, 0) is 10.0 Å². The summed E-state index contributed by atoms with van der Waals surface area (Å²) >= 11 is 11.8. The number of benzene rings is 2. The maximum atomic E-state index is 12.2. The minimum Gasteiger partial charge on any atom is -0.278 e. The van der Waals surface area contributed by atoms with Gasteiger partial charge in [-0.05, 0) is 42.8 Å². The molecule has 0 fully saturated rings. The van der Waals surface area contributed by atoms with E-state index in [1.165, 1.54) is 12.1 Å². The zero-order valence-corrected chi connectivity index (χ0v) is 12.4. The second kappa shape index (κ2) is 5.41. The molecule has 1 N–H and O–H groups in total. The number of sulfonamides is 1. The molecule has 2 aromatic rings. The molecule has 0 atom stereocenters. The van der Waals surface area contributed by atoms with E-state index in [1.54, 1.807) is 37.3 Å². The maximum absolute atomic E-state index is 12.2. The van der Waals surface area contributed by atoms with Crippen LogP contribution in [0.15, 0.2) is 47.4 Å². The summed E-state index contributed by atoms with van der Waals surface area (Å²) in [4.78, 5) is 0.148. The highest BCUT2D eigenvalue weighted by Gasteiger charge is 2.16. The quantitative estimate of drug-likeness (QED) is 0.926. The average Bonchev–Trinajstić information content (AvgIpc) is 2.35. The standard InChI is InChI=1S/C13H11Cl2NO2S/c1-9-8-10(6-7-11(9)14)19(17,18)16-13-5-3-2-4-12(13)15/h2-8,16H,1H3. The highest BCUT2D eigenvalue weighted by atomic mass is 35.5. The highest BCUT2D eigenvalue weighted by Crippen LogP contribution is 2.25. The minimum absolute atomic E-state index is 0.148. The van der Waals surface area contributed by atoms with Gasteiger partial charge >= 0.3 is 0 Å². The zero-order valence-electron chi connectivity index (χ0n) is 10.0. The number of anilines is 1. The second-order valence-corrected chi connectivity index (χ2v) is 6.49. The lowest BCUT2D eigenvalue weighted by molar-refractivity contribution is 0.601. The van der Waals surface area contributed by atoms with Gasteiger partial charge < -0.3 is 0 Å². The molecule has 0 spiro atoms. The number of hydrogen-bond donors (Lipinski definition) is 1. The number of para-hydroxylation sites is 1. The highest BCUT2D eigenvalue weighted by molar-refractivity contribution is 7.92. The fraction of sp³-hybridized carbons (Fsp3) is 0.0769. The Balaban J connectivity index is 2.38. The Labute approximate surface area is 122 Å². The third-order valence-corrected chi connectivity index (χ3v) is 4.67. The Bertz CT molecular complexity index is 714. The van der Waals surface area contributed by atoms with Crippen molar-refractivity contribution in [2.75, 3.05) is 4.72 Å². The van der Waals surface area contributed by atoms with Crippen molar-refractivity contribution >= 4 is 38.9 Å². The lowest BCUT2D eigenvalue weighted by Crippen LogP contribution is -2.13. The van der Waals surface area contributed by atoms with Gasteiger partial charge in [0.15, 0.2) is 0 Å². The molecule has 0 aliphatic heterocycles. The third-order valence-electron chi connectivity index (χ3n) is 2.56. The van der Waals surface area contributed by atoms with Crippen molar-refractivity contribution in [3.63, 3.8) is 0 Å². The molecule has 2 aromatic carbocycles. The smallest absolute Gasteiger partial charge is 0.261 e. The molecule has 0 aromatic heterocycles. The summed E-state index contributed by atoms with van der Waals surface area (Å²) in [5.74, 6) is 0. The molecule has 0 aliphatic rings. The largest absolute Gasteiger partial charge is 0.278 e. The molecule has 0 bridgehead atoms. The molecule has 100 valence electrons. The lowest BCUT2D eigenvalue weighted by atomic mass is 10.2. The van der Waals surface area contributed by atoms with Gasteiger partial charge in [0.2, 0.25) is 0 Å². The Morgan fingerprint density at radius 3 is 2.32 bits per heavy atom. The van der Waals surface area contributed by atoms with Crippen LogP contribution < -0.4 is 4.72 Å². The van der Waals surface area contributed by atoms with E-state index >= 15 is 0 Å². The van der Waals surface area contributed by atoms with Gasteiger partial charge in [-0.15, -0.1) is 0 Å². The molecule has 2 rings (SSSR count). The average molecular weight is 316 g/mol. The molecule has 0 saturated carbocycles. The van der Waals surface area contributed by atoms with E-state index < -0.39 is 10.0 Å². The van der Waals surface area contributed by atoms with Crippen molar-refractivity contribution in [3.8, 4) is 0 Å². The first-order valence-electron chi connectivity index (χ1n) is 5.43. The molecule has 0 heterocycles. The SMILES string of the molecule is Cc1cc(S(=O)(=O)Nc2ccccc2Cl)ccc1Cl. The molecule has 0 unspecified atom stereocenters. The monoisotopic (exact) mass is 315 g/mol. The number of rotatable bonds is 3. The molecular formula is C13H11Cl2NO2S. The van der Waals surface area contributed by atoms with Gasteiger partial charge in [0, 0.05) is 5.02 Å². The van der Waals surface area contributed by atoms with Gasteiger partial charge in [-0.25, -0.2) is 8.42 Å². The normalized spacial score (nSPS) is 11.3. The number of halogens is 2. The summed E-state index contributed by atoms with van der Waals surface area (Å²) in [5, 5.41) is 0.869. The number of hydrogen-bond acceptors (Lipinski definition) is 2. The summed E-state index contributed by atoms with van der Waals surface area (Å²) in [6.07, 6.45) is 0. The van der Waals surface area contributed by atoms with E-state index in [4.69, 9.17) is 23.2 Å². The van der Waals surface area contributed by atoms with Gasteiger partial charge in [-0.2, -0.15) is 0 Å². The lowest BCUT2D eigenvalue weighted by Gasteiger charge is -2.10. The zero-order chi connectivity index (χ0) is 14.0. The van der Waals surface area contributed by atoms with Crippen LogP contribution in [0.1, 0.15) is 5.56 Å². The number of nitrogens with one attached hydrogen (secondary N) is 1. The van der Waals surface area contributed by atoms with E-state index in [2.05, 4.69) is 4.72 Å². The molecule has 0 aliphatic carbocycles. The van der Waals surface area contributed by atoms with Gasteiger partial charge in [0.05, 0.1) is 15.6 Å². The van der Waals surface area contributed by atoms with Crippen LogP contribution in [0.5, 0.6) is 0 Å². The van der Waals surface area contributed by atoms with Gasteiger partial charge in [-0.1, -0.05) is 35.3 Å². The molecule has 0 amide bonds. The van der Waals surface area contributed by atoms with Crippen LogP contribution in [0.2, 0.25) is 10.0 Å². The van der Waals surface area contributed by atoms with Crippen LogP contribution >= 0.6 is 23.2 Å². The van der Waals surface area contributed by atoms with E-state index in [0.29, 0.717) is 21.3 Å². The Hall–Kier alpha value is -1.23. The minimum atomic E-state index is -3.67. The first kappa shape index (κ1) is 14.2. The van der Waals surface area contributed by atoms with Crippen LogP contribution in [0.4, 0.5) is 5.69 Å². The summed E-state index contributed by atoms with van der Waals surface area (Å²) < 4.78 is 26.9. The Morgan fingerprint density at radius 1 is 1.00 bits per heavy atom. The summed E-state index contributed by atoms with van der Waals surface area (Å²) in [6, 6.07) is 11.2. The van der Waals surface area contributed by atoms with Crippen molar-refractivity contribution < 1.29 is 8.42 Å². The topological polar surface area (TPSA) is 46.2 Å². The fourth-order valence-corrected chi connectivity index (χ4v) is 3.05.